The second-order valence-corrected chi connectivity index (χ2v) is 5.68. The Balaban J connectivity index is 3.01. The maximum atomic E-state index is 11.7. The molecule has 6 heteroatoms. The van der Waals surface area contributed by atoms with Crippen molar-refractivity contribution in [3.63, 3.8) is 0 Å². The van der Waals surface area contributed by atoms with Crippen molar-refractivity contribution < 1.29 is 17.9 Å². The third kappa shape index (κ3) is 3.04. The molecule has 0 saturated carbocycles. The summed E-state index contributed by atoms with van der Waals surface area (Å²) < 4.78 is 29.4. The van der Waals surface area contributed by atoms with Crippen molar-refractivity contribution >= 4 is 16.0 Å². The second-order valence-electron chi connectivity index (χ2n) is 3.53. The van der Waals surface area contributed by atoms with Crippen LogP contribution in [0.5, 0.6) is 0 Å². The maximum absolute atomic E-state index is 11.7. The Morgan fingerprint density at radius 1 is 1.24 bits per heavy atom. The third-order valence-corrected chi connectivity index (χ3v) is 3.97. The van der Waals surface area contributed by atoms with Crippen LogP contribution < -0.4 is 0 Å². The number of sulfonamides is 1. The van der Waals surface area contributed by atoms with Crippen LogP contribution in [-0.4, -0.2) is 39.4 Å². The van der Waals surface area contributed by atoms with Crippen molar-refractivity contribution in [2.45, 2.75) is 11.8 Å². The largest absolute Gasteiger partial charge is 0.462 e. The van der Waals surface area contributed by atoms with E-state index in [1.807, 2.05) is 0 Å². The highest BCUT2D eigenvalue weighted by Gasteiger charge is 2.17. The van der Waals surface area contributed by atoms with Crippen LogP contribution in [-0.2, 0) is 14.8 Å². The number of carbonyl (C=O) groups is 1. The summed E-state index contributed by atoms with van der Waals surface area (Å²) in [6.45, 7) is 2.00. The minimum absolute atomic E-state index is 0.149. The molecule has 0 radical (unpaired) electrons. The SMILES string of the molecule is CCOC(=O)c1ccc(S(=O)(=O)N(C)C)cc1. The lowest BCUT2D eigenvalue weighted by atomic mass is 10.2. The predicted molar refractivity (Wildman–Crippen MR) is 63.3 cm³/mol. The first-order valence-electron chi connectivity index (χ1n) is 5.09. The van der Waals surface area contributed by atoms with Crippen LogP contribution >= 0.6 is 0 Å². The van der Waals surface area contributed by atoms with Gasteiger partial charge in [0, 0.05) is 14.1 Å². The van der Waals surface area contributed by atoms with E-state index in [0.29, 0.717) is 5.56 Å². The molecule has 94 valence electrons. The summed E-state index contributed by atoms with van der Waals surface area (Å²) >= 11 is 0. The fraction of sp³-hybridized carbons (Fsp3) is 0.364. The van der Waals surface area contributed by atoms with E-state index in [2.05, 4.69) is 0 Å². The summed E-state index contributed by atoms with van der Waals surface area (Å²) in [5.74, 6) is -0.457. The van der Waals surface area contributed by atoms with Gasteiger partial charge in [-0.05, 0) is 31.2 Å². The molecule has 0 amide bonds. The summed E-state index contributed by atoms with van der Waals surface area (Å²) in [7, 11) is -0.544. The molecule has 0 aliphatic carbocycles. The highest BCUT2D eigenvalue weighted by atomic mass is 32.2. The van der Waals surface area contributed by atoms with Gasteiger partial charge in [-0.1, -0.05) is 0 Å². The molecule has 1 aromatic rings. The Morgan fingerprint density at radius 2 is 1.76 bits per heavy atom. The second kappa shape index (κ2) is 5.29. The van der Waals surface area contributed by atoms with Gasteiger partial charge in [-0.2, -0.15) is 0 Å². The van der Waals surface area contributed by atoms with Crippen molar-refractivity contribution in [1.82, 2.24) is 4.31 Å². The fourth-order valence-electron chi connectivity index (χ4n) is 1.19. The van der Waals surface area contributed by atoms with Gasteiger partial charge in [0.05, 0.1) is 17.1 Å². The molecule has 0 unspecified atom stereocenters. The molecule has 0 saturated heterocycles. The minimum Gasteiger partial charge on any atom is -0.462 e. The average molecular weight is 257 g/mol. The summed E-state index contributed by atoms with van der Waals surface area (Å²) in [5.41, 5.74) is 0.338. The number of carbonyl (C=O) groups excluding carboxylic acids is 1. The van der Waals surface area contributed by atoms with Crippen LogP contribution in [0.15, 0.2) is 29.2 Å². The third-order valence-electron chi connectivity index (χ3n) is 2.14. The van der Waals surface area contributed by atoms with Gasteiger partial charge in [0.1, 0.15) is 0 Å². The van der Waals surface area contributed by atoms with Crippen LogP contribution in [0.25, 0.3) is 0 Å². The lowest BCUT2D eigenvalue weighted by Gasteiger charge is -2.11. The number of ether oxygens (including phenoxy) is 1. The zero-order valence-electron chi connectivity index (χ0n) is 10.0. The molecule has 5 nitrogen and oxygen atoms in total. The molecule has 0 aliphatic heterocycles. The van der Waals surface area contributed by atoms with Crippen LogP contribution in [0.1, 0.15) is 17.3 Å². The lowest BCUT2D eigenvalue weighted by molar-refractivity contribution is 0.0526. The van der Waals surface area contributed by atoms with E-state index in [4.69, 9.17) is 4.74 Å². The summed E-state index contributed by atoms with van der Waals surface area (Å²) in [5, 5.41) is 0. The zero-order chi connectivity index (χ0) is 13.1. The van der Waals surface area contributed by atoms with Gasteiger partial charge < -0.3 is 4.74 Å². The number of esters is 1. The van der Waals surface area contributed by atoms with Gasteiger partial charge in [0.25, 0.3) is 0 Å². The van der Waals surface area contributed by atoms with Crippen LogP contribution in [0.2, 0.25) is 0 Å². The maximum Gasteiger partial charge on any atom is 0.338 e. The van der Waals surface area contributed by atoms with Crippen LogP contribution in [0, 0.1) is 0 Å². The van der Waals surface area contributed by atoms with Crippen LogP contribution in [0.4, 0.5) is 0 Å². The zero-order valence-corrected chi connectivity index (χ0v) is 10.8. The minimum atomic E-state index is -3.45. The molecule has 0 fully saturated rings. The standard InChI is InChI=1S/C11H15NO4S/c1-4-16-11(13)9-5-7-10(8-6-9)17(14,15)12(2)3/h5-8H,4H2,1-3H3. The van der Waals surface area contributed by atoms with E-state index >= 15 is 0 Å². The van der Waals surface area contributed by atoms with E-state index in [1.165, 1.54) is 38.4 Å². The van der Waals surface area contributed by atoms with E-state index in [1.54, 1.807) is 6.92 Å². The van der Waals surface area contributed by atoms with E-state index in [0.717, 1.165) is 4.31 Å². The lowest BCUT2D eigenvalue weighted by Crippen LogP contribution is -2.22. The highest BCUT2D eigenvalue weighted by Crippen LogP contribution is 2.14. The Morgan fingerprint density at radius 3 is 2.18 bits per heavy atom. The van der Waals surface area contributed by atoms with Crippen molar-refractivity contribution in [3.05, 3.63) is 29.8 Å². The van der Waals surface area contributed by atoms with Gasteiger partial charge in [-0.3, -0.25) is 0 Å². The molecule has 1 rings (SSSR count). The summed E-state index contributed by atoms with van der Waals surface area (Å²) in [4.78, 5) is 11.5. The molecule has 0 bridgehead atoms. The first kappa shape index (κ1) is 13.7. The monoisotopic (exact) mass is 257 g/mol. The van der Waals surface area contributed by atoms with Gasteiger partial charge in [0.15, 0.2) is 0 Å². The number of hydrogen-bond acceptors (Lipinski definition) is 4. The number of nitrogens with zero attached hydrogens (tertiary/aromatic N) is 1. The van der Waals surface area contributed by atoms with Crippen LogP contribution in [0.3, 0.4) is 0 Å². The van der Waals surface area contributed by atoms with Crippen molar-refractivity contribution in [2.75, 3.05) is 20.7 Å². The Labute approximate surface area is 101 Å². The quantitative estimate of drug-likeness (QED) is 0.758. The predicted octanol–water partition coefficient (Wildman–Crippen LogP) is 1.11. The van der Waals surface area contributed by atoms with E-state index < -0.39 is 16.0 Å². The van der Waals surface area contributed by atoms with Gasteiger partial charge in [-0.15, -0.1) is 0 Å². The van der Waals surface area contributed by atoms with E-state index in [9.17, 15) is 13.2 Å². The molecule has 0 N–H and O–H groups in total. The number of rotatable bonds is 4. The van der Waals surface area contributed by atoms with Crippen molar-refractivity contribution in [1.29, 1.82) is 0 Å². The summed E-state index contributed by atoms with van der Waals surface area (Å²) in [6.07, 6.45) is 0. The fourth-order valence-corrected chi connectivity index (χ4v) is 2.09. The van der Waals surface area contributed by atoms with Gasteiger partial charge >= 0.3 is 5.97 Å². The molecular formula is C11H15NO4S. The van der Waals surface area contributed by atoms with Crippen molar-refractivity contribution in [3.8, 4) is 0 Å². The summed E-state index contributed by atoms with van der Waals surface area (Å²) in [6, 6.07) is 5.66. The molecule has 1 aromatic carbocycles. The Kier molecular flexibility index (Phi) is 4.25. The Hall–Kier alpha value is -1.40. The normalized spacial score (nSPS) is 11.5. The molecule has 0 aromatic heterocycles. The number of benzene rings is 1. The molecule has 0 heterocycles. The first-order chi connectivity index (χ1) is 7.89. The highest BCUT2D eigenvalue weighted by molar-refractivity contribution is 7.89. The first-order valence-corrected chi connectivity index (χ1v) is 6.53. The average Bonchev–Trinajstić information content (AvgIpc) is 2.29. The molecular weight excluding hydrogens is 242 g/mol. The molecule has 0 spiro atoms. The van der Waals surface area contributed by atoms with E-state index in [-0.39, 0.29) is 11.5 Å². The number of hydrogen-bond donors (Lipinski definition) is 0. The smallest absolute Gasteiger partial charge is 0.338 e. The van der Waals surface area contributed by atoms with Crippen molar-refractivity contribution in [2.24, 2.45) is 0 Å². The molecule has 0 atom stereocenters. The molecule has 0 aliphatic rings. The van der Waals surface area contributed by atoms with Gasteiger partial charge in [-0.25, -0.2) is 17.5 Å². The molecule has 17 heavy (non-hydrogen) atoms. The Bertz CT molecular complexity index is 491. The topological polar surface area (TPSA) is 63.7 Å². The van der Waals surface area contributed by atoms with Gasteiger partial charge in [0.2, 0.25) is 10.0 Å².